The van der Waals surface area contributed by atoms with Gasteiger partial charge in [0.2, 0.25) is 5.13 Å². The molecule has 18 heavy (non-hydrogen) atoms. The van der Waals surface area contributed by atoms with Crippen LogP contribution in [0.4, 0.5) is 10.9 Å². The Morgan fingerprint density at radius 1 is 1.56 bits per heavy atom. The summed E-state index contributed by atoms with van der Waals surface area (Å²) in [5.41, 5.74) is 10.4. The van der Waals surface area contributed by atoms with Crippen LogP contribution in [0.25, 0.3) is 0 Å². The molecule has 0 atom stereocenters. The molecule has 94 valence electrons. The molecule has 0 amide bonds. The predicted octanol–water partition coefficient (Wildman–Crippen LogP) is 3.39. The Bertz CT molecular complexity index is 565. The summed E-state index contributed by atoms with van der Waals surface area (Å²) in [7, 11) is 0. The molecule has 0 saturated carbocycles. The number of nitrogens with one attached hydrogen (secondary N) is 1. The molecule has 2 aromatic rings. The number of nitrogen functional groups attached to an aromatic ring is 1. The number of hydrogen-bond acceptors (Lipinski definition) is 5. The smallest absolute Gasteiger partial charge is 0.205 e. The van der Waals surface area contributed by atoms with E-state index in [9.17, 15) is 0 Å². The molecule has 1 aromatic heterocycles. The highest BCUT2D eigenvalue weighted by atomic mass is 35.5. The maximum Gasteiger partial charge on any atom is 0.205 e. The molecular formula is C12H13ClN4S. The van der Waals surface area contributed by atoms with Crippen molar-refractivity contribution in [2.24, 2.45) is 5.10 Å². The summed E-state index contributed by atoms with van der Waals surface area (Å²) in [6.07, 6.45) is 2.63. The molecule has 4 nitrogen and oxygen atoms in total. The Morgan fingerprint density at radius 2 is 2.39 bits per heavy atom. The third kappa shape index (κ3) is 3.21. The third-order valence-electron chi connectivity index (χ3n) is 2.35. The van der Waals surface area contributed by atoms with Gasteiger partial charge in [-0.25, -0.2) is 4.98 Å². The van der Waals surface area contributed by atoms with E-state index in [4.69, 9.17) is 17.3 Å². The highest BCUT2D eigenvalue weighted by Crippen LogP contribution is 2.18. The first-order chi connectivity index (χ1) is 8.69. The summed E-state index contributed by atoms with van der Waals surface area (Å²) < 4.78 is 0. The lowest BCUT2D eigenvalue weighted by molar-refractivity contribution is 1.14. The predicted molar refractivity (Wildman–Crippen MR) is 78.6 cm³/mol. The summed E-state index contributed by atoms with van der Waals surface area (Å²) >= 11 is 7.46. The van der Waals surface area contributed by atoms with Gasteiger partial charge in [0, 0.05) is 10.4 Å². The minimum absolute atomic E-state index is 0.498. The van der Waals surface area contributed by atoms with Crippen LogP contribution in [0.1, 0.15) is 18.1 Å². The summed E-state index contributed by atoms with van der Waals surface area (Å²) in [4.78, 5) is 4.04. The number of nitrogens with two attached hydrogens (primary N) is 1. The minimum Gasteiger partial charge on any atom is -0.383 e. The number of thiazole rings is 1. The zero-order valence-electron chi connectivity index (χ0n) is 9.85. The molecule has 0 aliphatic heterocycles. The average Bonchev–Trinajstić information content (AvgIpc) is 2.77. The molecule has 0 aliphatic carbocycles. The third-order valence-corrected chi connectivity index (χ3v) is 3.48. The van der Waals surface area contributed by atoms with Crippen molar-refractivity contribution in [3.05, 3.63) is 39.7 Å². The van der Waals surface area contributed by atoms with Gasteiger partial charge >= 0.3 is 0 Å². The van der Waals surface area contributed by atoms with E-state index in [2.05, 4.69) is 22.4 Å². The molecule has 0 spiro atoms. The van der Waals surface area contributed by atoms with E-state index in [0.717, 1.165) is 22.6 Å². The van der Waals surface area contributed by atoms with Gasteiger partial charge in [-0.05, 0) is 29.7 Å². The van der Waals surface area contributed by atoms with Crippen LogP contribution in [0.5, 0.6) is 0 Å². The molecule has 1 aromatic carbocycles. The van der Waals surface area contributed by atoms with Gasteiger partial charge in [-0.1, -0.05) is 24.6 Å². The second-order valence-corrected chi connectivity index (χ2v) is 4.92. The van der Waals surface area contributed by atoms with Crippen molar-refractivity contribution < 1.29 is 0 Å². The minimum atomic E-state index is 0.498. The SMILES string of the molecule is CCc1cc(C=NNc2nc(N)cs2)ccc1Cl. The van der Waals surface area contributed by atoms with Gasteiger partial charge in [-0.2, -0.15) is 5.10 Å². The van der Waals surface area contributed by atoms with E-state index in [1.165, 1.54) is 11.3 Å². The summed E-state index contributed by atoms with van der Waals surface area (Å²) in [6.45, 7) is 2.07. The Kier molecular flexibility index (Phi) is 4.17. The van der Waals surface area contributed by atoms with Gasteiger partial charge in [-0.15, -0.1) is 11.3 Å². The molecule has 2 rings (SSSR count). The van der Waals surface area contributed by atoms with Crippen LogP contribution < -0.4 is 11.2 Å². The highest BCUT2D eigenvalue weighted by Gasteiger charge is 1.99. The fourth-order valence-corrected chi connectivity index (χ4v) is 2.25. The molecule has 0 saturated heterocycles. The van der Waals surface area contributed by atoms with E-state index in [-0.39, 0.29) is 0 Å². The monoisotopic (exact) mass is 280 g/mol. The molecular weight excluding hydrogens is 268 g/mol. The molecule has 1 heterocycles. The Balaban J connectivity index is 2.04. The number of nitrogens with zero attached hydrogens (tertiary/aromatic N) is 2. The van der Waals surface area contributed by atoms with E-state index in [0.29, 0.717) is 10.9 Å². The molecule has 0 unspecified atom stereocenters. The first-order valence-corrected chi connectivity index (χ1v) is 6.73. The molecule has 0 fully saturated rings. The van der Waals surface area contributed by atoms with Crippen molar-refractivity contribution in [1.29, 1.82) is 0 Å². The van der Waals surface area contributed by atoms with Crippen molar-refractivity contribution in [3.8, 4) is 0 Å². The number of benzene rings is 1. The Labute approximate surface area is 115 Å². The quantitative estimate of drug-likeness (QED) is 0.666. The normalized spacial score (nSPS) is 11.0. The van der Waals surface area contributed by atoms with Gasteiger partial charge in [0.1, 0.15) is 5.82 Å². The first-order valence-electron chi connectivity index (χ1n) is 5.47. The standard InChI is InChI=1S/C12H13ClN4S/c1-2-9-5-8(3-4-10(9)13)6-15-17-12-16-11(14)7-18-12/h3-7H,2,14H2,1H3,(H,16,17). The van der Waals surface area contributed by atoms with Crippen LogP contribution in [-0.4, -0.2) is 11.2 Å². The lowest BCUT2D eigenvalue weighted by Gasteiger charge is -2.01. The number of rotatable bonds is 4. The van der Waals surface area contributed by atoms with Gasteiger partial charge in [0.05, 0.1) is 6.21 Å². The van der Waals surface area contributed by atoms with Crippen molar-refractivity contribution in [3.63, 3.8) is 0 Å². The van der Waals surface area contributed by atoms with Gasteiger partial charge < -0.3 is 5.73 Å². The number of aryl methyl sites for hydroxylation is 1. The van der Waals surface area contributed by atoms with Crippen molar-refractivity contribution >= 4 is 40.1 Å². The number of halogens is 1. The van der Waals surface area contributed by atoms with E-state index < -0.39 is 0 Å². The average molecular weight is 281 g/mol. The van der Waals surface area contributed by atoms with Crippen LogP contribution >= 0.6 is 22.9 Å². The largest absolute Gasteiger partial charge is 0.383 e. The van der Waals surface area contributed by atoms with E-state index in [1.54, 1.807) is 11.6 Å². The second-order valence-electron chi connectivity index (χ2n) is 3.65. The fraction of sp³-hybridized carbons (Fsp3) is 0.167. The van der Waals surface area contributed by atoms with Gasteiger partial charge in [-0.3, -0.25) is 5.43 Å². The van der Waals surface area contributed by atoms with Crippen LogP contribution in [0, 0.1) is 0 Å². The zero-order chi connectivity index (χ0) is 13.0. The number of hydrazone groups is 1. The van der Waals surface area contributed by atoms with Crippen molar-refractivity contribution in [1.82, 2.24) is 4.98 Å². The van der Waals surface area contributed by atoms with E-state index >= 15 is 0 Å². The highest BCUT2D eigenvalue weighted by molar-refractivity contribution is 7.14. The molecule has 3 N–H and O–H groups in total. The van der Waals surface area contributed by atoms with Crippen LogP contribution in [0.2, 0.25) is 5.02 Å². The van der Waals surface area contributed by atoms with Crippen LogP contribution in [0.3, 0.4) is 0 Å². The fourth-order valence-electron chi connectivity index (χ4n) is 1.45. The van der Waals surface area contributed by atoms with Gasteiger partial charge in [0.15, 0.2) is 0 Å². The number of hydrogen-bond donors (Lipinski definition) is 2. The topological polar surface area (TPSA) is 63.3 Å². The lowest BCUT2D eigenvalue weighted by Crippen LogP contribution is -1.92. The molecule has 0 radical (unpaired) electrons. The van der Waals surface area contributed by atoms with Gasteiger partial charge in [0.25, 0.3) is 0 Å². The van der Waals surface area contributed by atoms with Crippen LogP contribution in [0.15, 0.2) is 28.7 Å². The maximum atomic E-state index is 6.05. The number of anilines is 2. The Morgan fingerprint density at radius 3 is 3.06 bits per heavy atom. The number of aromatic nitrogens is 1. The molecule has 6 heteroatoms. The molecule has 0 bridgehead atoms. The zero-order valence-corrected chi connectivity index (χ0v) is 11.4. The van der Waals surface area contributed by atoms with E-state index in [1.807, 2.05) is 18.2 Å². The Hall–Kier alpha value is -1.59. The van der Waals surface area contributed by atoms with Crippen LogP contribution in [-0.2, 0) is 6.42 Å². The second kappa shape index (κ2) is 5.84. The molecule has 0 aliphatic rings. The summed E-state index contributed by atoms with van der Waals surface area (Å²) in [6, 6.07) is 5.82. The maximum absolute atomic E-state index is 6.05. The summed E-state index contributed by atoms with van der Waals surface area (Å²) in [5.74, 6) is 0.498. The first kappa shape index (κ1) is 12.9. The van der Waals surface area contributed by atoms with Crippen molar-refractivity contribution in [2.75, 3.05) is 11.2 Å². The van der Waals surface area contributed by atoms with Crippen molar-refractivity contribution in [2.45, 2.75) is 13.3 Å². The summed E-state index contributed by atoms with van der Waals surface area (Å²) in [5, 5.41) is 7.33. The lowest BCUT2D eigenvalue weighted by atomic mass is 10.1.